The number of rotatable bonds is 2. The van der Waals surface area contributed by atoms with Crippen LogP contribution < -0.4 is 5.32 Å². The molecule has 0 saturated heterocycles. The summed E-state index contributed by atoms with van der Waals surface area (Å²) < 4.78 is 26.6. The van der Waals surface area contributed by atoms with Crippen molar-refractivity contribution < 1.29 is 8.78 Å². The van der Waals surface area contributed by atoms with E-state index < -0.39 is 11.6 Å². The van der Waals surface area contributed by atoms with Crippen molar-refractivity contribution in [1.82, 2.24) is 0 Å². The molecule has 0 amide bonds. The molecule has 1 aliphatic rings. The number of hydrogen-bond donors (Lipinski definition) is 1. The number of nitrogens with one attached hydrogen (secondary N) is 1. The molecule has 1 aromatic carbocycles. The van der Waals surface area contributed by atoms with Crippen LogP contribution in [-0.4, -0.2) is 6.04 Å². The van der Waals surface area contributed by atoms with Gasteiger partial charge in [0.15, 0.2) is 5.82 Å². The molecule has 100 valence electrons. The second-order valence-electron chi connectivity index (χ2n) is 4.93. The normalized spacial score (nSPS) is 18.2. The Hall–Kier alpha value is -0.830. The Balaban J connectivity index is 2.07. The molecule has 0 radical (unpaired) electrons. The summed E-state index contributed by atoms with van der Waals surface area (Å²) in [4.78, 5) is 0. The van der Waals surface area contributed by atoms with E-state index in [1.165, 1.54) is 19.3 Å². The molecule has 1 N–H and O–H groups in total. The van der Waals surface area contributed by atoms with Gasteiger partial charge >= 0.3 is 0 Å². The smallest absolute Gasteiger partial charge is 0.150 e. The minimum absolute atomic E-state index is 0.120. The van der Waals surface area contributed by atoms with Crippen LogP contribution in [0.25, 0.3) is 0 Å². The van der Waals surface area contributed by atoms with Gasteiger partial charge in [-0.2, -0.15) is 0 Å². The van der Waals surface area contributed by atoms with E-state index in [2.05, 4.69) is 5.32 Å². The van der Waals surface area contributed by atoms with Gasteiger partial charge in [0.2, 0.25) is 0 Å². The lowest BCUT2D eigenvalue weighted by atomic mass is 9.96. The van der Waals surface area contributed by atoms with Crippen LogP contribution in [-0.2, 0) is 0 Å². The Morgan fingerprint density at radius 2 is 1.61 bits per heavy atom. The highest BCUT2D eigenvalue weighted by atomic mass is 35.5. The molecule has 0 aliphatic heterocycles. The van der Waals surface area contributed by atoms with Gasteiger partial charge in [0.25, 0.3) is 0 Å². The summed E-state index contributed by atoms with van der Waals surface area (Å²) in [7, 11) is 0. The molecule has 0 atom stereocenters. The minimum Gasteiger partial charge on any atom is -0.379 e. The molecular weight excluding hydrogens is 256 g/mol. The van der Waals surface area contributed by atoms with Crippen molar-refractivity contribution in [2.24, 2.45) is 0 Å². The van der Waals surface area contributed by atoms with Crippen LogP contribution in [0.5, 0.6) is 0 Å². The Labute approximate surface area is 112 Å². The van der Waals surface area contributed by atoms with Gasteiger partial charge in [0.05, 0.1) is 10.7 Å². The zero-order chi connectivity index (χ0) is 13.0. The first-order valence-corrected chi connectivity index (χ1v) is 6.95. The maximum atomic E-state index is 13.7. The van der Waals surface area contributed by atoms with Gasteiger partial charge in [-0.15, -0.1) is 0 Å². The largest absolute Gasteiger partial charge is 0.379 e. The van der Waals surface area contributed by atoms with Crippen molar-refractivity contribution in [3.63, 3.8) is 0 Å². The van der Waals surface area contributed by atoms with Crippen molar-refractivity contribution in [3.8, 4) is 0 Å². The third-order valence-corrected chi connectivity index (χ3v) is 3.76. The molecule has 0 spiro atoms. The van der Waals surface area contributed by atoms with E-state index in [1.54, 1.807) is 0 Å². The quantitative estimate of drug-likeness (QED) is 0.786. The molecule has 18 heavy (non-hydrogen) atoms. The third kappa shape index (κ3) is 3.58. The molecule has 0 unspecified atom stereocenters. The van der Waals surface area contributed by atoms with E-state index in [9.17, 15) is 8.78 Å². The molecule has 0 aromatic heterocycles. The molecule has 1 nitrogen and oxygen atoms in total. The van der Waals surface area contributed by atoms with Crippen LogP contribution >= 0.6 is 11.6 Å². The van der Waals surface area contributed by atoms with Gasteiger partial charge in [-0.25, -0.2) is 8.78 Å². The Kier molecular flexibility index (Phi) is 4.81. The highest BCUT2D eigenvalue weighted by molar-refractivity contribution is 6.33. The summed E-state index contributed by atoms with van der Waals surface area (Å²) in [5.74, 6) is -1.25. The van der Waals surface area contributed by atoms with E-state index in [-0.39, 0.29) is 16.8 Å². The van der Waals surface area contributed by atoms with E-state index in [1.807, 2.05) is 0 Å². The molecule has 1 aromatic rings. The lowest BCUT2D eigenvalue weighted by Crippen LogP contribution is -2.21. The fraction of sp³-hybridized carbons (Fsp3) is 0.571. The molecule has 0 bridgehead atoms. The third-order valence-electron chi connectivity index (χ3n) is 3.46. The molecule has 1 fully saturated rings. The average Bonchev–Trinajstić information content (AvgIpc) is 2.25. The summed E-state index contributed by atoms with van der Waals surface area (Å²) in [5.41, 5.74) is 0.239. The fourth-order valence-electron chi connectivity index (χ4n) is 2.48. The fourth-order valence-corrected chi connectivity index (χ4v) is 2.73. The second-order valence-corrected chi connectivity index (χ2v) is 5.34. The van der Waals surface area contributed by atoms with Crippen molar-refractivity contribution in [1.29, 1.82) is 0 Å². The first-order valence-electron chi connectivity index (χ1n) is 6.58. The van der Waals surface area contributed by atoms with Crippen LogP contribution in [0.3, 0.4) is 0 Å². The summed E-state index contributed by atoms with van der Waals surface area (Å²) >= 11 is 5.88. The standard InChI is InChI=1S/C14H18ClF2N/c15-12-8-10(16)9-13(17)14(12)18-11-6-4-2-1-3-5-7-11/h8-9,11,18H,1-7H2. The van der Waals surface area contributed by atoms with Crippen LogP contribution in [0.15, 0.2) is 12.1 Å². The van der Waals surface area contributed by atoms with Crippen molar-refractivity contribution >= 4 is 17.3 Å². The zero-order valence-corrected chi connectivity index (χ0v) is 11.1. The first kappa shape index (κ1) is 13.6. The molecule has 4 heteroatoms. The number of halogens is 3. The SMILES string of the molecule is Fc1cc(F)c(NC2CCCCCCC2)c(Cl)c1. The van der Waals surface area contributed by atoms with Crippen LogP contribution in [0.4, 0.5) is 14.5 Å². The van der Waals surface area contributed by atoms with Crippen LogP contribution in [0.1, 0.15) is 44.9 Å². The minimum atomic E-state index is -0.638. The monoisotopic (exact) mass is 273 g/mol. The lowest BCUT2D eigenvalue weighted by Gasteiger charge is -2.23. The van der Waals surface area contributed by atoms with Crippen molar-refractivity contribution in [2.75, 3.05) is 5.32 Å². The Bertz CT molecular complexity index is 378. The maximum absolute atomic E-state index is 13.7. The summed E-state index contributed by atoms with van der Waals surface area (Å²) in [6, 6.07) is 2.26. The zero-order valence-electron chi connectivity index (χ0n) is 10.3. The Morgan fingerprint density at radius 3 is 2.22 bits per heavy atom. The van der Waals surface area contributed by atoms with Gasteiger partial charge in [-0.1, -0.05) is 43.7 Å². The number of anilines is 1. The first-order chi connectivity index (χ1) is 8.66. The van der Waals surface area contributed by atoms with E-state index >= 15 is 0 Å². The summed E-state index contributed by atoms with van der Waals surface area (Å²) in [6.07, 6.45) is 8.10. The van der Waals surface area contributed by atoms with Crippen LogP contribution in [0.2, 0.25) is 5.02 Å². The summed E-state index contributed by atoms with van der Waals surface area (Å²) in [5, 5.41) is 3.26. The van der Waals surface area contributed by atoms with Gasteiger partial charge in [-0.3, -0.25) is 0 Å². The predicted octanol–water partition coefficient (Wildman–Crippen LogP) is 5.14. The van der Waals surface area contributed by atoms with Crippen molar-refractivity contribution in [2.45, 2.75) is 51.0 Å². The van der Waals surface area contributed by atoms with Gasteiger partial charge in [0, 0.05) is 12.1 Å². The van der Waals surface area contributed by atoms with Gasteiger partial charge in [-0.05, 0) is 18.9 Å². The maximum Gasteiger partial charge on any atom is 0.150 e. The van der Waals surface area contributed by atoms with Crippen molar-refractivity contribution in [3.05, 3.63) is 28.8 Å². The lowest BCUT2D eigenvalue weighted by molar-refractivity contribution is 0.469. The molecule has 2 rings (SSSR count). The van der Waals surface area contributed by atoms with Gasteiger partial charge < -0.3 is 5.32 Å². The average molecular weight is 274 g/mol. The number of hydrogen-bond acceptors (Lipinski definition) is 1. The summed E-state index contributed by atoms with van der Waals surface area (Å²) in [6.45, 7) is 0. The topological polar surface area (TPSA) is 12.0 Å². The van der Waals surface area contributed by atoms with Crippen LogP contribution in [0, 0.1) is 11.6 Å². The second kappa shape index (κ2) is 6.37. The number of benzene rings is 1. The van der Waals surface area contributed by atoms with Gasteiger partial charge in [0.1, 0.15) is 5.82 Å². The van der Waals surface area contributed by atoms with E-state index in [4.69, 9.17) is 11.6 Å². The highest BCUT2D eigenvalue weighted by Crippen LogP contribution is 2.29. The Morgan fingerprint density at radius 1 is 1.00 bits per heavy atom. The molecule has 1 saturated carbocycles. The predicted molar refractivity (Wildman–Crippen MR) is 71.1 cm³/mol. The molecular formula is C14H18ClF2N. The molecule has 0 heterocycles. The van der Waals surface area contributed by atoms with E-state index in [0.717, 1.165) is 37.8 Å². The molecule has 1 aliphatic carbocycles. The van der Waals surface area contributed by atoms with E-state index in [0.29, 0.717) is 0 Å². The highest BCUT2D eigenvalue weighted by Gasteiger charge is 2.16.